The van der Waals surface area contributed by atoms with Crippen LogP contribution in [-0.4, -0.2) is 9.97 Å². The maximum Gasteiger partial charge on any atom is 0.229 e. The number of halogens is 1. The van der Waals surface area contributed by atoms with Crippen LogP contribution in [0.3, 0.4) is 0 Å². The van der Waals surface area contributed by atoms with Crippen molar-refractivity contribution in [2.75, 3.05) is 10.6 Å². The maximum absolute atomic E-state index is 5.68. The molecular formula is C21H21ClN4. The van der Waals surface area contributed by atoms with Gasteiger partial charge in [0, 0.05) is 23.1 Å². The number of anilines is 4. The highest BCUT2D eigenvalue weighted by Gasteiger charge is 2.07. The molecule has 0 aliphatic heterocycles. The number of hydrogen-bond acceptors (Lipinski definition) is 4. The van der Waals surface area contributed by atoms with E-state index < -0.39 is 0 Å². The summed E-state index contributed by atoms with van der Waals surface area (Å²) in [5.74, 6) is 1.29. The Morgan fingerprint density at radius 2 is 1.62 bits per heavy atom. The second-order valence-corrected chi connectivity index (χ2v) is 6.46. The quantitative estimate of drug-likeness (QED) is 0.574. The molecule has 0 aliphatic rings. The van der Waals surface area contributed by atoms with Crippen molar-refractivity contribution in [1.82, 2.24) is 9.97 Å². The predicted molar refractivity (Wildman–Crippen MR) is 111 cm³/mol. The summed E-state index contributed by atoms with van der Waals surface area (Å²) in [5.41, 5.74) is 8.06. The molecule has 0 saturated heterocycles. The molecule has 0 unspecified atom stereocenters. The molecule has 0 radical (unpaired) electrons. The molecule has 3 rings (SSSR count). The van der Waals surface area contributed by atoms with Gasteiger partial charge in [-0.2, -0.15) is 4.98 Å². The maximum atomic E-state index is 5.68. The molecule has 2 aromatic carbocycles. The third-order valence-electron chi connectivity index (χ3n) is 4.03. The highest BCUT2D eigenvalue weighted by molar-refractivity contribution is 6.27. The van der Waals surface area contributed by atoms with Gasteiger partial charge in [0.1, 0.15) is 5.82 Å². The lowest BCUT2D eigenvalue weighted by atomic mass is 10.0. The lowest BCUT2D eigenvalue weighted by Gasteiger charge is -2.14. The summed E-state index contributed by atoms with van der Waals surface area (Å²) in [4.78, 5) is 8.85. The van der Waals surface area contributed by atoms with Crippen LogP contribution in [-0.2, 0) is 0 Å². The lowest BCUT2D eigenvalue weighted by Crippen LogP contribution is -2.02. The van der Waals surface area contributed by atoms with Crippen LogP contribution in [0.25, 0.3) is 6.08 Å². The average molecular weight is 365 g/mol. The van der Waals surface area contributed by atoms with Gasteiger partial charge in [-0.05, 0) is 73.9 Å². The number of hydrogen-bond donors (Lipinski definition) is 2. The topological polar surface area (TPSA) is 49.8 Å². The summed E-state index contributed by atoms with van der Waals surface area (Å²) in [6.45, 7) is 6.19. The minimum Gasteiger partial charge on any atom is -0.340 e. The van der Waals surface area contributed by atoms with Gasteiger partial charge in [-0.25, -0.2) is 4.98 Å². The van der Waals surface area contributed by atoms with Gasteiger partial charge in [0.25, 0.3) is 0 Å². The van der Waals surface area contributed by atoms with E-state index in [9.17, 15) is 0 Å². The molecule has 1 heterocycles. The number of nitrogens with zero attached hydrogens (tertiary/aromatic N) is 2. The molecule has 4 nitrogen and oxygen atoms in total. The Bertz CT molecular complexity index is 910. The first-order valence-corrected chi connectivity index (χ1v) is 8.80. The summed E-state index contributed by atoms with van der Waals surface area (Å²) in [5, 5.41) is 6.62. The van der Waals surface area contributed by atoms with Crippen LogP contribution in [0, 0.1) is 20.8 Å². The summed E-state index contributed by atoms with van der Waals surface area (Å²) in [6.07, 6.45) is 3.61. The minimum atomic E-state index is 0.552. The van der Waals surface area contributed by atoms with Crippen LogP contribution in [0.2, 0.25) is 0 Å². The first-order valence-electron chi connectivity index (χ1n) is 8.37. The van der Waals surface area contributed by atoms with E-state index in [1.54, 1.807) is 6.20 Å². The zero-order valence-corrected chi connectivity index (χ0v) is 15.8. The fourth-order valence-electron chi connectivity index (χ4n) is 2.75. The second kappa shape index (κ2) is 8.02. The van der Waals surface area contributed by atoms with Crippen LogP contribution >= 0.6 is 11.6 Å². The molecule has 132 valence electrons. The Morgan fingerprint density at radius 1 is 0.923 bits per heavy atom. The van der Waals surface area contributed by atoms with Gasteiger partial charge >= 0.3 is 0 Å². The lowest BCUT2D eigenvalue weighted by molar-refractivity contribution is 1.16. The molecule has 2 N–H and O–H groups in total. The number of aromatic nitrogens is 2. The van der Waals surface area contributed by atoms with E-state index in [1.165, 1.54) is 11.1 Å². The van der Waals surface area contributed by atoms with Crippen LogP contribution in [0.4, 0.5) is 23.1 Å². The standard InChI is InChI=1S/C21H21ClN4/c1-14-4-6-18(7-5-14)24-21-23-11-9-19(26-21)25-20-15(2)12-17(8-10-22)13-16(20)3/h4-13H,1-3H3,(H2,23,24,25,26)/b10-8-. The molecule has 0 fully saturated rings. The smallest absolute Gasteiger partial charge is 0.229 e. The zero-order valence-electron chi connectivity index (χ0n) is 15.0. The Hall–Kier alpha value is -2.85. The molecule has 0 aliphatic carbocycles. The molecule has 0 spiro atoms. The Kier molecular flexibility index (Phi) is 5.54. The normalized spacial score (nSPS) is 10.9. The summed E-state index contributed by atoms with van der Waals surface area (Å²) in [6, 6.07) is 14.1. The van der Waals surface area contributed by atoms with Crippen molar-refractivity contribution in [3.8, 4) is 0 Å². The third-order valence-corrected chi connectivity index (χ3v) is 4.15. The molecule has 0 amide bonds. The van der Waals surface area contributed by atoms with E-state index >= 15 is 0 Å². The van der Waals surface area contributed by atoms with Gasteiger partial charge in [-0.3, -0.25) is 0 Å². The zero-order chi connectivity index (χ0) is 18.5. The highest BCUT2D eigenvalue weighted by atomic mass is 35.5. The van der Waals surface area contributed by atoms with Crippen molar-refractivity contribution in [3.63, 3.8) is 0 Å². The molecule has 3 aromatic rings. The summed E-state index contributed by atoms with van der Waals surface area (Å²) in [7, 11) is 0. The second-order valence-electron chi connectivity index (χ2n) is 6.20. The van der Waals surface area contributed by atoms with Crippen molar-refractivity contribution in [3.05, 3.63) is 76.5 Å². The van der Waals surface area contributed by atoms with Crippen LogP contribution in [0.15, 0.2) is 54.2 Å². The van der Waals surface area contributed by atoms with Gasteiger partial charge < -0.3 is 10.6 Å². The van der Waals surface area contributed by atoms with E-state index in [4.69, 9.17) is 11.6 Å². The molecule has 0 saturated carbocycles. The fraction of sp³-hybridized carbons (Fsp3) is 0.143. The Morgan fingerprint density at radius 3 is 2.27 bits per heavy atom. The first kappa shape index (κ1) is 18.0. The van der Waals surface area contributed by atoms with Crippen molar-refractivity contribution < 1.29 is 0 Å². The molecule has 0 atom stereocenters. The third kappa shape index (κ3) is 4.41. The molecular weight excluding hydrogens is 344 g/mol. The van der Waals surface area contributed by atoms with Gasteiger partial charge in [0.2, 0.25) is 5.95 Å². The van der Waals surface area contributed by atoms with E-state index in [0.717, 1.165) is 33.9 Å². The minimum absolute atomic E-state index is 0.552. The molecule has 1 aromatic heterocycles. The molecule has 26 heavy (non-hydrogen) atoms. The number of rotatable bonds is 5. The average Bonchev–Trinajstić information content (AvgIpc) is 2.61. The molecule has 5 heteroatoms. The fourth-order valence-corrected chi connectivity index (χ4v) is 2.89. The number of aryl methyl sites for hydroxylation is 3. The number of benzene rings is 2. The van der Waals surface area contributed by atoms with Crippen LogP contribution in [0.1, 0.15) is 22.3 Å². The van der Waals surface area contributed by atoms with Crippen molar-refractivity contribution in [2.45, 2.75) is 20.8 Å². The van der Waals surface area contributed by atoms with Crippen LogP contribution < -0.4 is 10.6 Å². The Balaban J connectivity index is 1.82. The van der Waals surface area contributed by atoms with Crippen LogP contribution in [0.5, 0.6) is 0 Å². The monoisotopic (exact) mass is 364 g/mol. The van der Waals surface area contributed by atoms with Gasteiger partial charge in [0.05, 0.1) is 0 Å². The van der Waals surface area contributed by atoms with Crippen molar-refractivity contribution >= 4 is 40.8 Å². The number of nitrogens with one attached hydrogen (secondary N) is 2. The SMILES string of the molecule is Cc1ccc(Nc2nccc(Nc3c(C)cc(/C=C\Cl)cc3C)n2)cc1. The summed E-state index contributed by atoms with van der Waals surface area (Å²) >= 11 is 5.68. The molecule has 0 bridgehead atoms. The van der Waals surface area contributed by atoms with E-state index in [0.29, 0.717) is 5.95 Å². The van der Waals surface area contributed by atoms with Gasteiger partial charge in [-0.1, -0.05) is 29.3 Å². The van der Waals surface area contributed by atoms with E-state index in [2.05, 4.69) is 53.5 Å². The van der Waals surface area contributed by atoms with E-state index in [-0.39, 0.29) is 0 Å². The Labute approximate surface area is 159 Å². The van der Waals surface area contributed by atoms with Crippen molar-refractivity contribution in [2.24, 2.45) is 0 Å². The largest absolute Gasteiger partial charge is 0.340 e. The van der Waals surface area contributed by atoms with Gasteiger partial charge in [0.15, 0.2) is 0 Å². The predicted octanol–water partition coefficient (Wildman–Crippen LogP) is 6.10. The highest BCUT2D eigenvalue weighted by Crippen LogP contribution is 2.26. The summed E-state index contributed by atoms with van der Waals surface area (Å²) < 4.78 is 0. The van der Waals surface area contributed by atoms with Gasteiger partial charge in [-0.15, -0.1) is 0 Å². The first-order chi connectivity index (χ1) is 12.5. The van der Waals surface area contributed by atoms with E-state index in [1.807, 2.05) is 36.4 Å². The van der Waals surface area contributed by atoms with Crippen molar-refractivity contribution in [1.29, 1.82) is 0 Å².